The molecule has 0 saturated heterocycles. The van der Waals surface area contributed by atoms with E-state index in [-0.39, 0.29) is 11.6 Å². The van der Waals surface area contributed by atoms with Gasteiger partial charge >= 0.3 is 17.8 Å². The second-order valence-corrected chi connectivity index (χ2v) is 5.76. The van der Waals surface area contributed by atoms with Crippen molar-refractivity contribution in [3.8, 4) is 5.75 Å². The Kier molecular flexibility index (Phi) is 6.45. The van der Waals surface area contributed by atoms with Crippen molar-refractivity contribution < 1.29 is 37.2 Å². The van der Waals surface area contributed by atoms with E-state index in [9.17, 15) is 22.8 Å². The van der Waals surface area contributed by atoms with Crippen LogP contribution in [0.4, 0.5) is 19.0 Å². The van der Waals surface area contributed by atoms with E-state index in [1.54, 1.807) is 36.5 Å². The van der Waals surface area contributed by atoms with Crippen LogP contribution in [0.15, 0.2) is 48.5 Å². The van der Waals surface area contributed by atoms with Gasteiger partial charge in [-0.25, -0.2) is 15.1 Å². The zero-order valence-electron chi connectivity index (χ0n) is 15.1. The van der Waals surface area contributed by atoms with Crippen molar-refractivity contribution in [2.75, 3.05) is 19.0 Å². The van der Waals surface area contributed by atoms with Crippen LogP contribution in [-0.2, 0) is 14.3 Å². The number of carbonyl (C=O) groups is 2. The zero-order chi connectivity index (χ0) is 20.8. The summed E-state index contributed by atoms with van der Waals surface area (Å²) in [5, 5.41) is 3.68. The van der Waals surface area contributed by atoms with Crippen molar-refractivity contribution in [3.63, 3.8) is 0 Å². The lowest BCUT2D eigenvalue weighted by Crippen LogP contribution is -2.70. The number of alkyl halides is 3. The molecule has 1 aromatic heterocycles. The lowest BCUT2D eigenvalue weighted by atomic mass is 10.1. The molecule has 1 heterocycles. The molecule has 2 rings (SSSR count). The maximum absolute atomic E-state index is 13.9. The molecule has 10 heteroatoms. The Balaban J connectivity index is 2.28. The summed E-state index contributed by atoms with van der Waals surface area (Å²) in [6, 6.07) is 12.4. The maximum Gasteiger partial charge on any atom is 0.464 e. The number of pyridine rings is 1. The minimum Gasteiger partial charge on any atom is -0.484 e. The highest BCUT2D eigenvalue weighted by Gasteiger charge is 2.67. The monoisotopic (exact) mass is 398 g/mol. The second-order valence-electron chi connectivity index (χ2n) is 5.76. The Bertz CT molecular complexity index is 830. The van der Waals surface area contributed by atoms with Gasteiger partial charge in [-0.15, -0.1) is 0 Å². The molecule has 0 unspecified atom stereocenters. The number of aromatic nitrogens is 1. The molecule has 150 valence electrons. The number of ether oxygens (including phenoxy) is 2. The number of hydrogen-bond donors (Lipinski definition) is 2. The minimum atomic E-state index is -5.22. The number of carbonyl (C=O) groups excluding carboxylic acids is 2. The van der Waals surface area contributed by atoms with Crippen molar-refractivity contribution in [1.29, 1.82) is 0 Å². The molecule has 0 saturated carbocycles. The fourth-order valence-corrected chi connectivity index (χ4v) is 2.31. The van der Waals surface area contributed by atoms with Gasteiger partial charge in [0, 0.05) is 6.07 Å². The molecule has 0 aliphatic heterocycles. The van der Waals surface area contributed by atoms with Gasteiger partial charge in [0.05, 0.1) is 12.8 Å². The number of para-hydroxylation sites is 1. The van der Waals surface area contributed by atoms with Crippen LogP contribution >= 0.6 is 0 Å². The van der Waals surface area contributed by atoms with Crippen molar-refractivity contribution in [2.24, 2.45) is 0 Å². The number of methoxy groups -OCH3 is 1. The molecule has 3 N–H and O–H groups in total. The maximum atomic E-state index is 13.9. The number of aromatic amines is 1. The fraction of sp³-hybridized carbons (Fsp3) is 0.278. The third kappa shape index (κ3) is 4.90. The number of benzene rings is 1. The Morgan fingerprint density at radius 2 is 1.75 bits per heavy atom. The molecule has 1 aromatic carbocycles. The quantitative estimate of drug-likeness (QED) is 0.549. The first-order valence-corrected chi connectivity index (χ1v) is 8.09. The molecule has 2 aromatic rings. The Hall–Kier alpha value is -3.30. The molecular formula is C18H19F3N3O4+. The molecule has 7 nitrogen and oxygen atoms in total. The SMILES string of the molecule is COC(=O)[C@](NC(=O)COc1ccccc1)(Nc1cccc(C)[nH+]1)C(F)(F)F. The standard InChI is InChI=1S/C18H18F3N3O4/c1-12-7-6-10-14(22-12)23-17(16(26)27-2,18(19,20)21)24-15(25)11-28-13-8-4-3-5-9-13/h3-10H,11H2,1-2H3,(H,22,23)(H,24,25)/p+1/t17-/m1/s1. The van der Waals surface area contributed by atoms with Crippen LogP contribution in [0.1, 0.15) is 5.69 Å². The van der Waals surface area contributed by atoms with E-state index in [1.807, 2.05) is 5.32 Å². The van der Waals surface area contributed by atoms with Gasteiger partial charge < -0.3 is 9.47 Å². The molecular weight excluding hydrogens is 379 g/mol. The first-order valence-electron chi connectivity index (χ1n) is 8.09. The van der Waals surface area contributed by atoms with Crippen molar-refractivity contribution in [2.45, 2.75) is 18.8 Å². The second kappa shape index (κ2) is 8.59. The highest BCUT2D eigenvalue weighted by molar-refractivity contribution is 5.91. The predicted molar refractivity (Wildman–Crippen MR) is 92.2 cm³/mol. The summed E-state index contributed by atoms with van der Waals surface area (Å²) in [6.45, 7) is 0.878. The van der Waals surface area contributed by atoms with Gasteiger partial charge in [0.15, 0.2) is 6.61 Å². The molecule has 0 fully saturated rings. The average molecular weight is 398 g/mol. The number of nitrogens with one attached hydrogen (secondary N) is 3. The highest BCUT2D eigenvalue weighted by Crippen LogP contribution is 2.32. The summed E-state index contributed by atoms with van der Waals surface area (Å²) in [5.41, 5.74) is -2.98. The van der Waals surface area contributed by atoms with Crippen LogP contribution in [0.25, 0.3) is 0 Å². The van der Waals surface area contributed by atoms with E-state index in [1.165, 1.54) is 24.3 Å². The van der Waals surface area contributed by atoms with Gasteiger partial charge in [-0.2, -0.15) is 13.2 Å². The van der Waals surface area contributed by atoms with E-state index < -0.39 is 30.3 Å². The Morgan fingerprint density at radius 3 is 2.32 bits per heavy atom. The molecule has 0 aliphatic rings. The van der Waals surface area contributed by atoms with Crippen molar-refractivity contribution in [1.82, 2.24) is 5.32 Å². The summed E-state index contributed by atoms with van der Waals surface area (Å²) in [4.78, 5) is 26.9. The van der Waals surface area contributed by atoms with Crippen LogP contribution in [0.3, 0.4) is 0 Å². The third-order valence-electron chi connectivity index (χ3n) is 3.62. The zero-order valence-corrected chi connectivity index (χ0v) is 15.1. The van der Waals surface area contributed by atoms with Crippen molar-refractivity contribution in [3.05, 3.63) is 54.2 Å². The van der Waals surface area contributed by atoms with Crippen molar-refractivity contribution >= 4 is 17.7 Å². The summed E-state index contributed by atoms with van der Waals surface area (Å²) >= 11 is 0. The highest BCUT2D eigenvalue weighted by atomic mass is 19.4. The first kappa shape index (κ1) is 21.0. The van der Waals surface area contributed by atoms with Gasteiger partial charge in [0.25, 0.3) is 11.7 Å². The smallest absolute Gasteiger partial charge is 0.464 e. The molecule has 0 aliphatic carbocycles. The number of amides is 1. The van der Waals surface area contributed by atoms with Crippen LogP contribution < -0.4 is 20.4 Å². The molecule has 0 radical (unpaired) electrons. The van der Waals surface area contributed by atoms with Gasteiger partial charge in [0.2, 0.25) is 0 Å². The first-order chi connectivity index (χ1) is 13.2. The lowest BCUT2D eigenvalue weighted by molar-refractivity contribution is -0.372. The Labute approximate surface area is 158 Å². The molecule has 0 spiro atoms. The van der Waals surface area contributed by atoms with Gasteiger partial charge in [-0.05, 0) is 25.1 Å². The van der Waals surface area contributed by atoms with E-state index >= 15 is 0 Å². The number of H-pyrrole nitrogens is 1. The van der Waals surface area contributed by atoms with Crippen LogP contribution in [-0.4, -0.2) is 37.4 Å². The van der Waals surface area contributed by atoms with Crippen LogP contribution in [0, 0.1) is 6.92 Å². The van der Waals surface area contributed by atoms with E-state index in [0.29, 0.717) is 5.69 Å². The van der Waals surface area contributed by atoms with Gasteiger partial charge in [-0.3, -0.25) is 10.1 Å². The molecule has 28 heavy (non-hydrogen) atoms. The number of rotatable bonds is 7. The summed E-state index contributed by atoms with van der Waals surface area (Å²) in [5.74, 6) is -2.77. The summed E-state index contributed by atoms with van der Waals surface area (Å²) < 4.78 is 51.1. The van der Waals surface area contributed by atoms with E-state index in [2.05, 4.69) is 9.72 Å². The van der Waals surface area contributed by atoms with Crippen LogP contribution in [0.2, 0.25) is 0 Å². The lowest BCUT2D eigenvalue weighted by Gasteiger charge is -2.30. The Morgan fingerprint density at radius 1 is 1.07 bits per heavy atom. The topological polar surface area (TPSA) is 90.8 Å². The number of halogens is 3. The van der Waals surface area contributed by atoms with Crippen LogP contribution in [0.5, 0.6) is 5.75 Å². The number of hydrogen-bond acceptors (Lipinski definition) is 5. The molecule has 1 amide bonds. The van der Waals surface area contributed by atoms with Gasteiger partial charge in [-0.1, -0.05) is 24.3 Å². The summed E-state index contributed by atoms with van der Waals surface area (Å²) in [7, 11) is 0.789. The van der Waals surface area contributed by atoms with E-state index in [4.69, 9.17) is 4.74 Å². The molecule has 1 atom stereocenters. The van der Waals surface area contributed by atoms with Gasteiger partial charge in [0.1, 0.15) is 5.75 Å². The normalized spacial score (nSPS) is 13.2. The number of anilines is 1. The molecule has 0 bridgehead atoms. The summed E-state index contributed by atoms with van der Waals surface area (Å²) in [6.07, 6.45) is -5.22. The minimum absolute atomic E-state index is 0.146. The van der Waals surface area contributed by atoms with E-state index in [0.717, 1.165) is 7.11 Å². The average Bonchev–Trinajstić information content (AvgIpc) is 2.65. The number of aryl methyl sites for hydroxylation is 1. The largest absolute Gasteiger partial charge is 0.484 e. The third-order valence-corrected chi connectivity index (χ3v) is 3.62. The predicted octanol–water partition coefficient (Wildman–Crippen LogP) is 1.85. The number of esters is 1. The fourth-order valence-electron chi connectivity index (χ4n) is 2.31.